The number of pyridine rings is 1. The Kier molecular flexibility index (Phi) is 3.34. The molecule has 0 saturated heterocycles. The van der Waals surface area contributed by atoms with Crippen molar-refractivity contribution < 1.29 is 4.74 Å². The van der Waals surface area contributed by atoms with E-state index in [2.05, 4.69) is 17.1 Å². The van der Waals surface area contributed by atoms with Crippen molar-refractivity contribution in [2.75, 3.05) is 0 Å². The number of hydrogen-bond donors (Lipinski definition) is 0. The summed E-state index contributed by atoms with van der Waals surface area (Å²) in [5, 5.41) is 2.34. The molecular weight excluding hydrogens is 258 g/mol. The maximum Gasteiger partial charge on any atom is 0.219 e. The third kappa shape index (κ3) is 2.69. The van der Waals surface area contributed by atoms with Gasteiger partial charge in [-0.25, -0.2) is 4.98 Å². The van der Waals surface area contributed by atoms with Gasteiger partial charge >= 0.3 is 0 Å². The van der Waals surface area contributed by atoms with E-state index < -0.39 is 0 Å². The van der Waals surface area contributed by atoms with Gasteiger partial charge in [-0.15, -0.1) is 11.6 Å². The Morgan fingerprint density at radius 1 is 0.947 bits per heavy atom. The summed E-state index contributed by atoms with van der Waals surface area (Å²) in [5.74, 6) is 1.79. The van der Waals surface area contributed by atoms with Crippen LogP contribution in [0.1, 0.15) is 5.56 Å². The van der Waals surface area contributed by atoms with Crippen molar-refractivity contribution in [1.82, 2.24) is 4.98 Å². The van der Waals surface area contributed by atoms with Crippen LogP contribution < -0.4 is 4.74 Å². The molecule has 3 heteroatoms. The monoisotopic (exact) mass is 269 g/mol. The Labute approximate surface area is 116 Å². The van der Waals surface area contributed by atoms with Gasteiger partial charge in [0.05, 0.1) is 0 Å². The molecule has 0 atom stereocenters. The Morgan fingerprint density at radius 2 is 1.79 bits per heavy atom. The largest absolute Gasteiger partial charge is 0.439 e. The molecule has 0 amide bonds. The molecule has 1 heterocycles. The van der Waals surface area contributed by atoms with Crippen LogP contribution in [0.3, 0.4) is 0 Å². The summed E-state index contributed by atoms with van der Waals surface area (Å²) in [6.45, 7) is 0. The summed E-state index contributed by atoms with van der Waals surface area (Å²) >= 11 is 5.80. The SMILES string of the molecule is ClCc1ccnc(Oc2ccc3ccccc3c2)c1. The Balaban J connectivity index is 1.92. The molecule has 0 saturated carbocycles. The second-order valence-corrected chi connectivity index (χ2v) is 4.51. The van der Waals surface area contributed by atoms with Crippen LogP contribution in [0.15, 0.2) is 60.8 Å². The lowest BCUT2D eigenvalue weighted by atomic mass is 10.1. The summed E-state index contributed by atoms with van der Waals surface area (Å²) < 4.78 is 5.76. The van der Waals surface area contributed by atoms with E-state index in [1.807, 2.05) is 42.5 Å². The standard InChI is InChI=1S/C16H12ClNO/c17-11-12-7-8-18-16(9-12)19-15-6-5-13-3-1-2-4-14(13)10-15/h1-10H,11H2. The molecule has 0 radical (unpaired) electrons. The minimum absolute atomic E-state index is 0.455. The van der Waals surface area contributed by atoms with Crippen molar-refractivity contribution in [2.45, 2.75) is 5.88 Å². The molecular formula is C16H12ClNO. The highest BCUT2D eigenvalue weighted by Gasteiger charge is 2.01. The van der Waals surface area contributed by atoms with Crippen molar-refractivity contribution in [3.8, 4) is 11.6 Å². The molecule has 0 aliphatic rings. The smallest absolute Gasteiger partial charge is 0.219 e. The van der Waals surface area contributed by atoms with Gasteiger partial charge in [0.2, 0.25) is 5.88 Å². The van der Waals surface area contributed by atoms with E-state index in [-0.39, 0.29) is 0 Å². The summed E-state index contributed by atoms with van der Waals surface area (Å²) in [6, 6.07) is 17.9. The van der Waals surface area contributed by atoms with Crippen LogP contribution in [0.2, 0.25) is 0 Å². The molecule has 3 aromatic rings. The van der Waals surface area contributed by atoms with Crippen LogP contribution in [0.5, 0.6) is 11.6 Å². The zero-order valence-corrected chi connectivity index (χ0v) is 11.0. The van der Waals surface area contributed by atoms with Gasteiger partial charge in [-0.1, -0.05) is 30.3 Å². The fraction of sp³-hybridized carbons (Fsp3) is 0.0625. The second-order valence-electron chi connectivity index (χ2n) is 4.25. The topological polar surface area (TPSA) is 22.1 Å². The van der Waals surface area contributed by atoms with Crippen LogP contribution in [0.25, 0.3) is 10.8 Å². The van der Waals surface area contributed by atoms with E-state index in [1.54, 1.807) is 6.20 Å². The molecule has 19 heavy (non-hydrogen) atoms. The number of alkyl halides is 1. The lowest BCUT2D eigenvalue weighted by Gasteiger charge is -2.06. The highest BCUT2D eigenvalue weighted by Crippen LogP contribution is 2.25. The molecule has 0 N–H and O–H groups in total. The average Bonchev–Trinajstić information content (AvgIpc) is 2.47. The molecule has 3 rings (SSSR count). The maximum atomic E-state index is 5.80. The van der Waals surface area contributed by atoms with Crippen LogP contribution >= 0.6 is 11.6 Å². The lowest BCUT2D eigenvalue weighted by Crippen LogP contribution is -1.89. The maximum absolute atomic E-state index is 5.80. The van der Waals surface area contributed by atoms with Gasteiger partial charge in [-0.3, -0.25) is 0 Å². The van der Waals surface area contributed by atoms with Crippen LogP contribution in [-0.2, 0) is 5.88 Å². The van der Waals surface area contributed by atoms with E-state index in [0.717, 1.165) is 16.7 Å². The summed E-state index contributed by atoms with van der Waals surface area (Å²) in [5.41, 5.74) is 0.993. The number of ether oxygens (including phenoxy) is 1. The van der Waals surface area contributed by atoms with Crippen LogP contribution in [-0.4, -0.2) is 4.98 Å². The summed E-state index contributed by atoms with van der Waals surface area (Å²) in [7, 11) is 0. The first-order valence-electron chi connectivity index (χ1n) is 6.03. The normalized spacial score (nSPS) is 10.6. The van der Waals surface area contributed by atoms with Crippen molar-refractivity contribution in [1.29, 1.82) is 0 Å². The van der Waals surface area contributed by atoms with Gasteiger partial charge in [0, 0.05) is 18.1 Å². The first-order valence-corrected chi connectivity index (χ1v) is 6.56. The van der Waals surface area contributed by atoms with Crippen molar-refractivity contribution in [3.63, 3.8) is 0 Å². The minimum Gasteiger partial charge on any atom is -0.439 e. The van der Waals surface area contributed by atoms with Crippen molar-refractivity contribution in [3.05, 3.63) is 66.4 Å². The minimum atomic E-state index is 0.455. The number of rotatable bonds is 3. The number of hydrogen-bond acceptors (Lipinski definition) is 2. The number of nitrogens with zero attached hydrogens (tertiary/aromatic N) is 1. The first kappa shape index (κ1) is 12.0. The molecule has 0 spiro atoms. The number of aromatic nitrogens is 1. The lowest BCUT2D eigenvalue weighted by molar-refractivity contribution is 0.463. The Bertz CT molecular complexity index is 712. The predicted molar refractivity (Wildman–Crippen MR) is 77.8 cm³/mol. The van der Waals surface area contributed by atoms with Crippen molar-refractivity contribution in [2.24, 2.45) is 0 Å². The van der Waals surface area contributed by atoms with Crippen molar-refractivity contribution >= 4 is 22.4 Å². The molecule has 2 nitrogen and oxygen atoms in total. The zero-order chi connectivity index (χ0) is 13.1. The van der Waals surface area contributed by atoms with E-state index in [0.29, 0.717) is 11.8 Å². The molecule has 1 aromatic heterocycles. The van der Waals surface area contributed by atoms with E-state index >= 15 is 0 Å². The van der Waals surface area contributed by atoms with E-state index in [4.69, 9.17) is 16.3 Å². The van der Waals surface area contributed by atoms with Gasteiger partial charge in [0.15, 0.2) is 0 Å². The van der Waals surface area contributed by atoms with Gasteiger partial charge in [0.25, 0.3) is 0 Å². The van der Waals surface area contributed by atoms with E-state index in [9.17, 15) is 0 Å². The fourth-order valence-corrected chi connectivity index (χ4v) is 2.11. The molecule has 0 bridgehead atoms. The molecule has 2 aromatic carbocycles. The van der Waals surface area contributed by atoms with Gasteiger partial charge in [0.1, 0.15) is 5.75 Å². The third-order valence-corrected chi connectivity index (χ3v) is 3.21. The van der Waals surface area contributed by atoms with Gasteiger partial charge in [-0.05, 0) is 34.5 Å². The predicted octanol–water partition coefficient (Wildman–Crippen LogP) is 4.77. The van der Waals surface area contributed by atoms with Crippen LogP contribution in [0.4, 0.5) is 0 Å². The summed E-state index contributed by atoms with van der Waals surface area (Å²) in [6.07, 6.45) is 1.70. The zero-order valence-electron chi connectivity index (χ0n) is 10.2. The molecule has 94 valence electrons. The Hall–Kier alpha value is -2.06. The fourth-order valence-electron chi connectivity index (χ4n) is 1.94. The third-order valence-electron chi connectivity index (χ3n) is 2.90. The van der Waals surface area contributed by atoms with Gasteiger partial charge in [-0.2, -0.15) is 0 Å². The van der Waals surface area contributed by atoms with Crippen LogP contribution in [0, 0.1) is 0 Å². The molecule has 0 fully saturated rings. The van der Waals surface area contributed by atoms with E-state index in [1.165, 1.54) is 5.39 Å². The highest BCUT2D eigenvalue weighted by molar-refractivity contribution is 6.17. The summed E-state index contributed by atoms with van der Waals surface area (Å²) in [4.78, 5) is 4.18. The highest BCUT2D eigenvalue weighted by atomic mass is 35.5. The number of benzene rings is 2. The molecule has 0 aliphatic heterocycles. The average molecular weight is 270 g/mol. The van der Waals surface area contributed by atoms with Gasteiger partial charge < -0.3 is 4.74 Å². The number of fused-ring (bicyclic) bond motifs is 1. The quantitative estimate of drug-likeness (QED) is 0.639. The molecule has 0 aliphatic carbocycles. The number of halogens is 1. The molecule has 0 unspecified atom stereocenters. The second kappa shape index (κ2) is 5.29. The Morgan fingerprint density at radius 3 is 2.63 bits per heavy atom. The first-order chi connectivity index (χ1) is 9.35.